The molecule has 0 bridgehead atoms. The van der Waals surface area contributed by atoms with Crippen LogP contribution >= 0.6 is 22.7 Å². The van der Waals surface area contributed by atoms with Gasteiger partial charge < -0.3 is 26.8 Å². The minimum atomic E-state index is 0. The first-order chi connectivity index (χ1) is 12.8. The number of hydrogen-bond donors (Lipinski definition) is 1. The molecule has 0 atom stereocenters. The molecule has 4 rings (SSSR count). The molecule has 0 aliphatic carbocycles. The molecule has 138 valence electrons. The number of benzene rings is 2. The average Bonchev–Trinajstić information content (AvgIpc) is 3.23. The van der Waals surface area contributed by atoms with Crippen LogP contribution in [0.25, 0.3) is 15.4 Å². The molecule has 7 heteroatoms. The van der Waals surface area contributed by atoms with E-state index >= 15 is 0 Å². The number of hydrogen-bond acceptors (Lipinski definition) is 5. The van der Waals surface area contributed by atoms with E-state index in [1.807, 2.05) is 65.9 Å². The summed E-state index contributed by atoms with van der Waals surface area (Å²) in [6.45, 7) is 2.60. The van der Waals surface area contributed by atoms with Crippen LogP contribution in [0.2, 0.25) is 0 Å². The van der Waals surface area contributed by atoms with Gasteiger partial charge >= 0.3 is 10.0 Å². The molecule has 0 aliphatic rings. The minimum Gasteiger partial charge on any atom is -1.00 e. The van der Waals surface area contributed by atoms with Crippen molar-refractivity contribution in [3.8, 4) is 22.9 Å². The smallest absolute Gasteiger partial charge is 0.392 e. The normalized spacial score (nSPS) is 11.0. The molecular formula is C20H17BrN2O2S2. The van der Waals surface area contributed by atoms with Gasteiger partial charge in [-0.2, -0.15) is 0 Å². The molecular weight excluding hydrogens is 444 g/mol. The topological polar surface area (TPSA) is 45.9 Å². The van der Waals surface area contributed by atoms with Gasteiger partial charge in [-0.15, -0.1) is 4.40 Å². The summed E-state index contributed by atoms with van der Waals surface area (Å²) in [6, 6.07) is 17.7. The molecule has 4 nitrogen and oxygen atoms in total. The molecule has 0 radical (unpaired) electrons. The zero-order valence-electron chi connectivity index (χ0n) is 14.5. The van der Waals surface area contributed by atoms with Crippen molar-refractivity contribution < 1.29 is 31.2 Å². The van der Waals surface area contributed by atoms with Gasteiger partial charge in [0, 0.05) is 5.56 Å². The van der Waals surface area contributed by atoms with Crippen molar-refractivity contribution in [1.82, 2.24) is 0 Å². The summed E-state index contributed by atoms with van der Waals surface area (Å²) in [4.78, 5) is 5.22. The lowest BCUT2D eigenvalue weighted by molar-refractivity contribution is -0.502. The Morgan fingerprint density at radius 3 is 2.56 bits per heavy atom. The van der Waals surface area contributed by atoms with Gasteiger partial charge in [0.25, 0.3) is 0 Å². The van der Waals surface area contributed by atoms with E-state index in [1.165, 1.54) is 11.3 Å². The molecule has 1 N–H and O–H groups in total. The quantitative estimate of drug-likeness (QED) is 0.366. The largest absolute Gasteiger partial charge is 1.00 e. The lowest BCUT2D eigenvalue weighted by atomic mass is 10.2. The van der Waals surface area contributed by atoms with Crippen molar-refractivity contribution in [1.29, 1.82) is 0 Å². The Morgan fingerprint density at radius 2 is 1.85 bits per heavy atom. The van der Waals surface area contributed by atoms with Crippen LogP contribution in [0.5, 0.6) is 11.6 Å². The Balaban J connectivity index is 0.00000210. The highest BCUT2D eigenvalue weighted by Gasteiger charge is 2.26. The van der Waals surface area contributed by atoms with E-state index in [0.717, 1.165) is 31.7 Å². The highest BCUT2D eigenvalue weighted by molar-refractivity contribution is 7.35. The zero-order valence-corrected chi connectivity index (χ0v) is 17.7. The van der Waals surface area contributed by atoms with Gasteiger partial charge in [0.2, 0.25) is 5.69 Å². The number of fused-ring (bicyclic) bond motifs is 1. The molecule has 0 aliphatic heterocycles. The predicted molar refractivity (Wildman–Crippen MR) is 107 cm³/mol. The third kappa shape index (κ3) is 4.05. The maximum Gasteiger partial charge on any atom is 0.392 e. The number of halogens is 1. The number of nitrogens with zero attached hydrogens (tertiary/aromatic N) is 2. The Labute approximate surface area is 175 Å². The van der Waals surface area contributed by atoms with Gasteiger partial charge in [0.15, 0.2) is 4.88 Å². The SMILES string of the molecule is CCOc1ccc(N=Cc2sc3scc(-c4ccccc4)[n+]3c2O)cc1.[Br-]. The Bertz CT molecular complexity index is 1060. The number of ether oxygens (including phenoxy) is 1. The highest BCUT2D eigenvalue weighted by atomic mass is 79.9. The van der Waals surface area contributed by atoms with Crippen molar-refractivity contribution >= 4 is 38.7 Å². The molecule has 0 saturated heterocycles. The van der Waals surface area contributed by atoms with Crippen LogP contribution in [0.3, 0.4) is 0 Å². The van der Waals surface area contributed by atoms with E-state index in [0.29, 0.717) is 6.61 Å². The summed E-state index contributed by atoms with van der Waals surface area (Å²) < 4.78 is 8.34. The third-order valence-electron chi connectivity index (χ3n) is 3.87. The van der Waals surface area contributed by atoms with Crippen molar-refractivity contribution in [3.63, 3.8) is 0 Å². The van der Waals surface area contributed by atoms with Gasteiger partial charge in [0.1, 0.15) is 5.75 Å². The Kier molecular flexibility index (Phi) is 6.26. The van der Waals surface area contributed by atoms with Gasteiger partial charge in [-0.05, 0) is 54.7 Å². The van der Waals surface area contributed by atoms with Crippen molar-refractivity contribution in [2.24, 2.45) is 4.99 Å². The number of thiazole rings is 2. The van der Waals surface area contributed by atoms with Crippen molar-refractivity contribution in [2.75, 3.05) is 6.61 Å². The van der Waals surface area contributed by atoms with E-state index < -0.39 is 0 Å². The molecule has 2 heterocycles. The van der Waals surface area contributed by atoms with E-state index in [-0.39, 0.29) is 22.9 Å². The summed E-state index contributed by atoms with van der Waals surface area (Å²) in [6.07, 6.45) is 1.71. The Hall–Kier alpha value is -2.22. The summed E-state index contributed by atoms with van der Waals surface area (Å²) in [5.74, 6) is 1.05. The van der Waals surface area contributed by atoms with Crippen LogP contribution in [-0.4, -0.2) is 17.9 Å². The van der Waals surface area contributed by atoms with Crippen LogP contribution in [0.1, 0.15) is 11.8 Å². The number of aromatic hydroxyl groups is 1. The summed E-state index contributed by atoms with van der Waals surface area (Å²) in [5.41, 5.74) is 2.88. The molecule has 2 aromatic heterocycles. The summed E-state index contributed by atoms with van der Waals surface area (Å²) in [7, 11) is 0. The van der Waals surface area contributed by atoms with E-state index in [2.05, 4.69) is 10.4 Å². The lowest BCUT2D eigenvalue weighted by Gasteiger charge is -2.01. The second-order valence-electron chi connectivity index (χ2n) is 5.56. The van der Waals surface area contributed by atoms with Crippen molar-refractivity contribution in [3.05, 3.63) is 64.9 Å². The zero-order chi connectivity index (χ0) is 17.9. The maximum absolute atomic E-state index is 10.7. The molecule has 0 amide bonds. The first kappa shape index (κ1) is 19.5. The third-order valence-corrected chi connectivity index (χ3v) is 6.00. The number of rotatable bonds is 5. The molecule has 0 spiro atoms. The van der Waals surface area contributed by atoms with Gasteiger partial charge in [-0.1, -0.05) is 29.5 Å². The van der Waals surface area contributed by atoms with Gasteiger partial charge in [-0.25, -0.2) is 0 Å². The lowest BCUT2D eigenvalue weighted by Crippen LogP contribution is -3.00. The molecule has 0 saturated carbocycles. The maximum atomic E-state index is 10.7. The van der Waals surface area contributed by atoms with Gasteiger partial charge in [-0.3, -0.25) is 4.99 Å². The van der Waals surface area contributed by atoms with Crippen molar-refractivity contribution in [2.45, 2.75) is 6.92 Å². The average molecular weight is 461 g/mol. The first-order valence-corrected chi connectivity index (χ1v) is 9.93. The second kappa shape index (κ2) is 8.65. The number of aromatic nitrogens is 1. The first-order valence-electron chi connectivity index (χ1n) is 8.23. The standard InChI is InChI=1S/C20H16N2O2S2.BrH/c1-2-24-16-10-8-15(9-11-16)21-12-18-19(23)22-17(13-25-20(22)26-18)14-6-4-3-5-7-14;/h3-13H,2H2,1H3;1H. The Morgan fingerprint density at radius 1 is 1.11 bits per heavy atom. The minimum absolute atomic E-state index is 0. The molecule has 2 aromatic carbocycles. The molecule has 27 heavy (non-hydrogen) atoms. The van der Waals surface area contributed by atoms with Gasteiger partial charge in [0.05, 0.1) is 23.9 Å². The molecule has 0 unspecified atom stereocenters. The summed E-state index contributed by atoms with van der Waals surface area (Å²) in [5, 5.41) is 12.7. The predicted octanol–water partition coefficient (Wildman–Crippen LogP) is 2.07. The van der Waals surface area contributed by atoms with E-state index in [9.17, 15) is 5.11 Å². The summed E-state index contributed by atoms with van der Waals surface area (Å²) >= 11 is 3.14. The van der Waals surface area contributed by atoms with Crippen LogP contribution in [0.4, 0.5) is 5.69 Å². The van der Waals surface area contributed by atoms with E-state index in [1.54, 1.807) is 17.6 Å². The molecule has 0 fully saturated rings. The van der Waals surface area contributed by atoms with Crippen LogP contribution < -0.4 is 26.1 Å². The monoisotopic (exact) mass is 460 g/mol. The van der Waals surface area contributed by atoms with Crippen LogP contribution in [0.15, 0.2) is 65.0 Å². The second-order valence-corrected chi connectivity index (χ2v) is 7.71. The fraction of sp³-hybridized carbons (Fsp3) is 0.100. The highest BCUT2D eigenvalue weighted by Crippen LogP contribution is 2.31. The number of aliphatic imine (C=N–C) groups is 1. The van der Waals surface area contributed by atoms with Crippen LogP contribution in [0, 0.1) is 0 Å². The fourth-order valence-corrected chi connectivity index (χ4v) is 4.75. The van der Waals surface area contributed by atoms with Crippen LogP contribution in [-0.2, 0) is 0 Å². The fourth-order valence-electron chi connectivity index (χ4n) is 2.65. The van der Waals surface area contributed by atoms with E-state index in [4.69, 9.17) is 4.74 Å². The molecule has 4 aromatic rings.